The first-order valence-electron chi connectivity index (χ1n) is 12.2. The highest BCUT2D eigenvalue weighted by Gasteiger charge is 2.46. The Labute approximate surface area is 269 Å². The second-order valence-electron chi connectivity index (χ2n) is 9.00. The number of imide groups is 1. The van der Waals surface area contributed by atoms with Gasteiger partial charge >= 0.3 is 5.97 Å². The zero-order valence-corrected chi connectivity index (χ0v) is 25.2. The number of benzene rings is 4. The Morgan fingerprint density at radius 1 is 0.628 bits per heavy atom. The molecule has 0 saturated carbocycles. The van der Waals surface area contributed by atoms with E-state index >= 15 is 0 Å². The van der Waals surface area contributed by atoms with Crippen LogP contribution in [0.5, 0.6) is 5.75 Å². The van der Waals surface area contributed by atoms with Gasteiger partial charge in [0.05, 0.1) is 36.8 Å². The van der Waals surface area contributed by atoms with Crippen molar-refractivity contribution < 1.29 is 28.7 Å². The summed E-state index contributed by atoms with van der Waals surface area (Å²) in [6.07, 6.45) is 0. The summed E-state index contributed by atoms with van der Waals surface area (Å²) < 4.78 is 5.34. The van der Waals surface area contributed by atoms with Gasteiger partial charge in [-0.25, -0.2) is 9.80 Å². The quantitative estimate of drug-likeness (QED) is 0.0497. The van der Waals surface area contributed by atoms with Crippen LogP contribution in [0.3, 0.4) is 0 Å². The number of hydrogen-bond donors (Lipinski definition) is 0. The van der Waals surface area contributed by atoms with Crippen LogP contribution < -0.4 is 4.74 Å². The summed E-state index contributed by atoms with van der Waals surface area (Å²) >= 11 is 30.7. The minimum atomic E-state index is -1.04. The van der Waals surface area contributed by atoms with Crippen LogP contribution in [0.25, 0.3) is 0 Å². The normalized spacial score (nSPS) is 12.3. The largest absolute Gasteiger partial charge is 0.423 e. The molecule has 13 heteroatoms. The lowest BCUT2D eigenvalue weighted by atomic mass is 10.1. The molecule has 0 fully saturated rings. The van der Waals surface area contributed by atoms with E-state index in [-0.39, 0.29) is 48.1 Å². The molecule has 1 heterocycles. The van der Waals surface area contributed by atoms with Gasteiger partial charge in [-0.3, -0.25) is 19.2 Å². The predicted octanol–water partition coefficient (Wildman–Crippen LogP) is 7.71. The number of ether oxygens (including phenoxy) is 1. The number of esters is 1. The van der Waals surface area contributed by atoms with Gasteiger partial charge in [-0.15, -0.1) is 0 Å². The van der Waals surface area contributed by atoms with Crippen LogP contribution >= 0.6 is 58.0 Å². The van der Waals surface area contributed by atoms with Crippen molar-refractivity contribution in [3.63, 3.8) is 0 Å². The molecule has 1 aliphatic heterocycles. The number of hydrogen-bond acceptors (Lipinski definition) is 6. The molecule has 0 N–H and O–H groups in total. The second-order valence-corrected chi connectivity index (χ2v) is 10.9. The molecule has 43 heavy (non-hydrogen) atoms. The van der Waals surface area contributed by atoms with Crippen molar-refractivity contribution in [2.75, 3.05) is 6.54 Å². The van der Waals surface area contributed by atoms with Gasteiger partial charge in [0.1, 0.15) is 12.3 Å². The van der Waals surface area contributed by atoms with Crippen LogP contribution in [0.2, 0.25) is 25.1 Å². The molecule has 5 rings (SSSR count). The van der Waals surface area contributed by atoms with Crippen LogP contribution in [0.1, 0.15) is 51.8 Å². The maximum Gasteiger partial charge on any atom is 0.343 e. The number of fused-ring (bicyclic) bond motifs is 1. The van der Waals surface area contributed by atoms with Crippen LogP contribution in [0, 0.1) is 0 Å². The van der Waals surface area contributed by atoms with E-state index in [0.29, 0.717) is 20.6 Å². The molecular weight excluding hydrogens is 662 g/mol. The highest BCUT2D eigenvalue weighted by Crippen LogP contribution is 2.45. The summed E-state index contributed by atoms with van der Waals surface area (Å²) in [4.78, 5) is 66.5. The summed E-state index contributed by atoms with van der Waals surface area (Å²) in [5.41, 5.74) is -0.283. The van der Waals surface area contributed by atoms with Crippen molar-refractivity contribution in [1.82, 2.24) is 10.0 Å². The van der Waals surface area contributed by atoms with Crippen molar-refractivity contribution in [3.8, 4) is 5.75 Å². The SMILES string of the molecule is O=C(CN(C(=O)c1ccc(Cl)cc1)N1C(=O)c2c(Cl)c(Cl)c(Cl)c(Cl)c2C1=O)c1ccc(OC(=O)c2ccccc2)cc1. The highest BCUT2D eigenvalue weighted by molar-refractivity contribution is 6.55. The Morgan fingerprint density at radius 3 is 1.67 bits per heavy atom. The molecular formula is C30H15Cl5N2O6. The fraction of sp³-hybridized carbons (Fsp3) is 0.0333. The van der Waals surface area contributed by atoms with Crippen LogP contribution in [-0.2, 0) is 0 Å². The summed E-state index contributed by atoms with van der Waals surface area (Å²) in [5, 5.41) is 0.296. The first kappa shape index (κ1) is 30.5. The van der Waals surface area contributed by atoms with E-state index < -0.39 is 36.0 Å². The minimum Gasteiger partial charge on any atom is -0.423 e. The predicted molar refractivity (Wildman–Crippen MR) is 162 cm³/mol. The van der Waals surface area contributed by atoms with Crippen molar-refractivity contribution in [1.29, 1.82) is 0 Å². The molecule has 1 aliphatic rings. The number of halogens is 5. The number of carbonyl (C=O) groups is 5. The molecule has 0 saturated heterocycles. The van der Waals surface area contributed by atoms with E-state index in [4.69, 9.17) is 62.7 Å². The van der Waals surface area contributed by atoms with E-state index in [1.165, 1.54) is 48.5 Å². The van der Waals surface area contributed by atoms with Crippen molar-refractivity contribution in [2.45, 2.75) is 0 Å². The molecule has 0 radical (unpaired) electrons. The Bertz CT molecular complexity index is 1770. The maximum absolute atomic E-state index is 13.7. The topological polar surface area (TPSA) is 101 Å². The molecule has 0 aromatic heterocycles. The zero-order chi connectivity index (χ0) is 31.0. The number of amides is 3. The van der Waals surface area contributed by atoms with Crippen LogP contribution in [0.15, 0.2) is 78.9 Å². The van der Waals surface area contributed by atoms with Crippen LogP contribution in [0.4, 0.5) is 0 Å². The molecule has 216 valence electrons. The van der Waals surface area contributed by atoms with Gasteiger partial charge in [-0.2, -0.15) is 5.01 Å². The third-order valence-electron chi connectivity index (χ3n) is 6.34. The molecule has 0 unspecified atom stereocenters. The average Bonchev–Trinajstić information content (AvgIpc) is 3.27. The number of ketones is 1. The number of rotatable bonds is 7. The highest BCUT2D eigenvalue weighted by atomic mass is 35.5. The average molecular weight is 677 g/mol. The summed E-state index contributed by atoms with van der Waals surface area (Å²) in [7, 11) is 0. The van der Waals surface area contributed by atoms with Gasteiger partial charge in [0, 0.05) is 16.1 Å². The van der Waals surface area contributed by atoms with Crippen molar-refractivity contribution >= 4 is 87.5 Å². The Morgan fingerprint density at radius 2 is 1.14 bits per heavy atom. The van der Waals surface area contributed by atoms with Crippen molar-refractivity contribution in [2.24, 2.45) is 0 Å². The lowest BCUT2D eigenvalue weighted by molar-refractivity contribution is 0.00532. The monoisotopic (exact) mass is 674 g/mol. The van der Waals surface area contributed by atoms with Gasteiger partial charge < -0.3 is 4.74 Å². The molecule has 0 spiro atoms. The second kappa shape index (κ2) is 12.4. The number of Topliss-reactive ketones (excluding diaryl/α,β-unsaturated/α-hetero) is 1. The van der Waals surface area contributed by atoms with E-state index in [2.05, 4.69) is 0 Å². The lowest BCUT2D eigenvalue weighted by Crippen LogP contribution is -2.51. The minimum absolute atomic E-state index is 0.0187. The van der Waals surface area contributed by atoms with Gasteiger partial charge in [-0.1, -0.05) is 76.2 Å². The van der Waals surface area contributed by atoms with Crippen LogP contribution in [-0.4, -0.2) is 46.0 Å². The molecule has 8 nitrogen and oxygen atoms in total. The van der Waals surface area contributed by atoms with E-state index in [0.717, 1.165) is 0 Å². The number of hydrazine groups is 1. The smallest absolute Gasteiger partial charge is 0.343 e. The number of nitrogens with zero attached hydrogens (tertiary/aromatic N) is 2. The van der Waals surface area contributed by atoms with Crippen molar-refractivity contribution in [3.05, 3.63) is 132 Å². The molecule has 4 aromatic carbocycles. The molecule has 0 aliphatic carbocycles. The Balaban J connectivity index is 1.46. The van der Waals surface area contributed by atoms with E-state index in [9.17, 15) is 24.0 Å². The van der Waals surface area contributed by atoms with Gasteiger partial charge in [0.15, 0.2) is 5.78 Å². The number of carbonyl (C=O) groups excluding carboxylic acids is 5. The maximum atomic E-state index is 13.7. The van der Waals surface area contributed by atoms with Gasteiger partial charge in [0.2, 0.25) is 0 Å². The molecule has 3 amide bonds. The van der Waals surface area contributed by atoms with E-state index in [1.54, 1.807) is 30.3 Å². The summed E-state index contributed by atoms with van der Waals surface area (Å²) in [6, 6.07) is 19.4. The first-order valence-corrected chi connectivity index (χ1v) is 14.1. The standard InChI is InChI=1S/C30H15Cl5N2O6/c31-18-10-6-16(7-11-18)27(39)36(37-28(40)21-22(29(37)41)24(33)26(35)25(34)23(21)32)14-20(38)15-8-12-19(13-9-15)43-30(42)17-4-2-1-3-5-17/h1-13H,14H2. The molecule has 4 aromatic rings. The third-order valence-corrected chi connectivity index (χ3v) is 8.39. The Hall–Kier alpha value is -3.92. The fourth-order valence-electron chi connectivity index (χ4n) is 4.21. The summed E-state index contributed by atoms with van der Waals surface area (Å²) in [6.45, 7) is -0.757. The van der Waals surface area contributed by atoms with Gasteiger partial charge in [0.25, 0.3) is 17.7 Å². The molecule has 0 atom stereocenters. The Kier molecular flexibility index (Phi) is 8.78. The van der Waals surface area contributed by atoms with Gasteiger partial charge in [-0.05, 0) is 60.7 Å². The third kappa shape index (κ3) is 5.85. The molecule has 0 bridgehead atoms. The van der Waals surface area contributed by atoms with E-state index in [1.807, 2.05) is 0 Å². The zero-order valence-electron chi connectivity index (χ0n) is 21.4. The summed E-state index contributed by atoms with van der Waals surface area (Å²) in [5.74, 6) is -4.04. The first-order chi connectivity index (χ1) is 20.5. The lowest BCUT2D eigenvalue weighted by Gasteiger charge is -2.29. The fourth-order valence-corrected chi connectivity index (χ4v) is 5.35.